The molecule has 1 unspecified atom stereocenters. The Bertz CT molecular complexity index is 568. The zero-order valence-corrected chi connectivity index (χ0v) is 14.9. The van der Waals surface area contributed by atoms with Crippen molar-refractivity contribution in [1.29, 1.82) is 0 Å². The van der Waals surface area contributed by atoms with E-state index in [1.165, 1.54) is 19.1 Å². The van der Waals surface area contributed by atoms with E-state index in [0.29, 0.717) is 0 Å². The lowest BCUT2D eigenvalue weighted by Gasteiger charge is -2.37. The zero-order valence-electron chi connectivity index (χ0n) is 14.1. The smallest absolute Gasteiger partial charge is 0.343 e. The third kappa shape index (κ3) is 4.43. The minimum absolute atomic E-state index is 0.124. The Hall–Kier alpha value is -1.25. The first-order valence-corrected chi connectivity index (χ1v) is 8.56. The van der Waals surface area contributed by atoms with Crippen LogP contribution < -0.4 is 4.72 Å². The highest BCUT2D eigenvalue weighted by Gasteiger charge is 2.52. The van der Waals surface area contributed by atoms with Crippen LogP contribution in [-0.2, 0) is 26.4 Å². The molecule has 0 fully saturated rings. The molecule has 0 heterocycles. The molecular formula is C16H22F3NO3S. The normalized spacial score (nSPS) is 17.0. The van der Waals surface area contributed by atoms with E-state index in [1.807, 2.05) is 0 Å². The van der Waals surface area contributed by atoms with Crippen LogP contribution in [0.3, 0.4) is 0 Å². The van der Waals surface area contributed by atoms with Crippen LogP contribution >= 0.6 is 0 Å². The summed E-state index contributed by atoms with van der Waals surface area (Å²) in [7, 11) is 0. The van der Waals surface area contributed by atoms with Gasteiger partial charge in [0.2, 0.25) is 6.17 Å². The van der Waals surface area contributed by atoms with Gasteiger partial charge in [0.25, 0.3) is 0 Å². The summed E-state index contributed by atoms with van der Waals surface area (Å²) >= 11 is -1.96. The standard InChI is InChI=1S/C16H22F3NO3S/c1-5-23-14(21)13(19)16(10-17,20-24(22)15(2,3)4)11-8-6-7-9-12(11)18/h6-9,13,20H,5,10H2,1-4H3/t13-,16+,24?/m0/s1. The van der Waals surface area contributed by atoms with Crippen LogP contribution in [0, 0.1) is 5.82 Å². The fourth-order valence-electron chi connectivity index (χ4n) is 1.97. The largest absolute Gasteiger partial charge is 0.598 e. The lowest BCUT2D eigenvalue weighted by Crippen LogP contribution is -2.60. The minimum Gasteiger partial charge on any atom is -0.598 e. The fourth-order valence-corrected chi connectivity index (χ4v) is 2.87. The molecule has 8 heteroatoms. The number of rotatable bonds is 7. The van der Waals surface area contributed by atoms with E-state index < -0.39 is 51.8 Å². The number of ether oxygens (including phenoxy) is 1. The maximum atomic E-state index is 14.8. The van der Waals surface area contributed by atoms with E-state index in [4.69, 9.17) is 0 Å². The van der Waals surface area contributed by atoms with Gasteiger partial charge in [-0.1, -0.05) is 18.2 Å². The van der Waals surface area contributed by atoms with Crippen LogP contribution in [0.2, 0.25) is 0 Å². The average molecular weight is 365 g/mol. The van der Waals surface area contributed by atoms with Crippen molar-refractivity contribution >= 4 is 17.3 Å². The Balaban J connectivity index is 3.43. The van der Waals surface area contributed by atoms with Crippen molar-refractivity contribution in [1.82, 2.24) is 4.72 Å². The molecule has 0 bridgehead atoms. The van der Waals surface area contributed by atoms with Gasteiger partial charge in [-0.05, 0) is 33.8 Å². The first kappa shape index (κ1) is 20.8. The second-order valence-electron chi connectivity index (χ2n) is 6.18. The lowest BCUT2D eigenvalue weighted by atomic mass is 9.87. The van der Waals surface area contributed by atoms with E-state index in [0.717, 1.165) is 12.1 Å². The van der Waals surface area contributed by atoms with Crippen molar-refractivity contribution in [2.24, 2.45) is 0 Å². The molecule has 1 aromatic carbocycles. The van der Waals surface area contributed by atoms with E-state index in [1.54, 1.807) is 20.8 Å². The molecule has 1 aromatic rings. The maximum Gasteiger partial charge on any atom is 0.343 e. The van der Waals surface area contributed by atoms with Gasteiger partial charge in [0.1, 0.15) is 17.2 Å². The number of hydrogen-bond acceptors (Lipinski definition) is 4. The van der Waals surface area contributed by atoms with Crippen LogP contribution in [-0.4, -0.2) is 34.7 Å². The molecule has 0 saturated heterocycles. The van der Waals surface area contributed by atoms with Gasteiger partial charge >= 0.3 is 5.97 Å². The molecule has 0 radical (unpaired) electrons. The third-order valence-corrected chi connectivity index (χ3v) is 4.98. The fraction of sp³-hybridized carbons (Fsp3) is 0.562. The van der Waals surface area contributed by atoms with Gasteiger partial charge in [-0.2, -0.15) is 0 Å². The number of benzene rings is 1. The quantitative estimate of drug-likeness (QED) is 0.596. The molecule has 3 atom stereocenters. The van der Waals surface area contributed by atoms with Gasteiger partial charge in [-0.15, -0.1) is 4.72 Å². The molecule has 0 aromatic heterocycles. The van der Waals surface area contributed by atoms with Gasteiger partial charge in [-0.3, -0.25) is 0 Å². The Morgan fingerprint density at radius 2 is 1.96 bits per heavy atom. The summed E-state index contributed by atoms with van der Waals surface area (Å²) in [5.74, 6) is -2.27. The van der Waals surface area contributed by atoms with Crippen molar-refractivity contribution in [3.63, 3.8) is 0 Å². The first-order chi connectivity index (χ1) is 11.1. The van der Waals surface area contributed by atoms with Crippen molar-refractivity contribution in [2.75, 3.05) is 13.3 Å². The number of esters is 1. The molecule has 0 spiro atoms. The predicted octanol–water partition coefficient (Wildman–Crippen LogP) is 2.94. The van der Waals surface area contributed by atoms with Crippen molar-refractivity contribution in [3.05, 3.63) is 35.6 Å². The molecule has 24 heavy (non-hydrogen) atoms. The minimum atomic E-state index is -2.58. The summed E-state index contributed by atoms with van der Waals surface area (Å²) in [5, 5.41) is 0. The Morgan fingerprint density at radius 1 is 1.38 bits per heavy atom. The number of nitrogens with one attached hydrogen (secondary N) is 1. The van der Waals surface area contributed by atoms with Gasteiger partial charge in [0, 0.05) is 16.9 Å². The van der Waals surface area contributed by atoms with Gasteiger partial charge < -0.3 is 9.29 Å². The van der Waals surface area contributed by atoms with Crippen LogP contribution in [0.4, 0.5) is 13.2 Å². The molecule has 1 N–H and O–H groups in total. The van der Waals surface area contributed by atoms with E-state index >= 15 is 0 Å². The number of carbonyl (C=O) groups is 1. The highest BCUT2D eigenvalue weighted by Crippen LogP contribution is 2.33. The van der Waals surface area contributed by atoms with E-state index in [2.05, 4.69) is 9.46 Å². The Labute approximate surface area is 143 Å². The molecular weight excluding hydrogens is 343 g/mol. The molecule has 0 aliphatic carbocycles. The third-order valence-electron chi connectivity index (χ3n) is 3.32. The summed E-state index contributed by atoms with van der Waals surface area (Å²) in [5.41, 5.74) is -2.87. The Morgan fingerprint density at radius 3 is 2.42 bits per heavy atom. The number of halogens is 3. The monoisotopic (exact) mass is 365 g/mol. The predicted molar refractivity (Wildman–Crippen MR) is 86.6 cm³/mol. The van der Waals surface area contributed by atoms with Crippen molar-refractivity contribution in [3.8, 4) is 0 Å². The summed E-state index contributed by atoms with van der Waals surface area (Å²) in [4.78, 5) is 11.8. The molecule has 0 aliphatic rings. The molecule has 1 rings (SSSR count). The van der Waals surface area contributed by atoms with Crippen LogP contribution in [0.25, 0.3) is 0 Å². The van der Waals surface area contributed by atoms with Crippen LogP contribution in [0.15, 0.2) is 24.3 Å². The average Bonchev–Trinajstić information content (AvgIpc) is 2.51. The van der Waals surface area contributed by atoms with Crippen molar-refractivity contribution < 1.29 is 27.3 Å². The van der Waals surface area contributed by atoms with Crippen molar-refractivity contribution in [2.45, 2.75) is 44.2 Å². The maximum absolute atomic E-state index is 14.8. The van der Waals surface area contributed by atoms with Gasteiger partial charge in [0.05, 0.1) is 6.61 Å². The van der Waals surface area contributed by atoms with Crippen LogP contribution in [0.1, 0.15) is 33.3 Å². The topological polar surface area (TPSA) is 61.4 Å². The zero-order chi connectivity index (χ0) is 18.5. The first-order valence-electron chi connectivity index (χ1n) is 7.41. The lowest BCUT2D eigenvalue weighted by molar-refractivity contribution is -0.153. The van der Waals surface area contributed by atoms with E-state index in [9.17, 15) is 22.5 Å². The highest BCUT2D eigenvalue weighted by atomic mass is 32.2. The molecule has 4 nitrogen and oxygen atoms in total. The second kappa shape index (κ2) is 8.22. The number of carbonyl (C=O) groups excluding carboxylic acids is 1. The van der Waals surface area contributed by atoms with Gasteiger partial charge in [0.15, 0.2) is 5.54 Å². The summed E-state index contributed by atoms with van der Waals surface area (Å²) in [6.45, 7) is 4.59. The summed E-state index contributed by atoms with van der Waals surface area (Å²) in [6, 6.07) is 4.88. The molecule has 0 amide bonds. The Kier molecular flexibility index (Phi) is 7.12. The molecule has 0 saturated carbocycles. The second-order valence-corrected chi connectivity index (χ2v) is 8.15. The number of alkyl halides is 2. The van der Waals surface area contributed by atoms with Crippen LogP contribution in [0.5, 0.6) is 0 Å². The highest BCUT2D eigenvalue weighted by molar-refractivity contribution is 7.90. The molecule has 136 valence electrons. The van der Waals surface area contributed by atoms with E-state index in [-0.39, 0.29) is 6.61 Å². The van der Waals surface area contributed by atoms with Gasteiger partial charge in [-0.25, -0.2) is 18.0 Å². The summed E-state index contributed by atoms with van der Waals surface area (Å²) in [6.07, 6.45) is -2.58. The molecule has 0 aliphatic heterocycles. The summed E-state index contributed by atoms with van der Waals surface area (Å²) < 4.78 is 61.4. The SMILES string of the molecule is CCOC(=O)[C@H](F)[C@](CF)(N[S+]([O-])C(C)(C)C)c1ccccc1F. The number of hydrogen-bond donors (Lipinski definition) is 1.